The Labute approximate surface area is 245 Å². The van der Waals surface area contributed by atoms with Gasteiger partial charge in [-0.05, 0) is 138 Å². The summed E-state index contributed by atoms with van der Waals surface area (Å²) in [6, 6.07) is 3.21. The predicted octanol–water partition coefficient (Wildman–Crippen LogP) is 8.14. The standard InChI is InChI=1S/C36H60N2O2/c1-3-9-27(10-4-1)37(33-13-7-23-39-33)31-21-17-25-16-20-30-32(22-18-26-15-19-29(31)35(25)36(26)30)38(34-14-8-24-40-34)28-11-5-2-6-12-28/h25-36H,1-24H2. The highest BCUT2D eigenvalue weighted by molar-refractivity contribution is 5.09. The molecule has 4 nitrogen and oxygen atoms in total. The van der Waals surface area contributed by atoms with Crippen molar-refractivity contribution in [2.24, 2.45) is 35.5 Å². The molecule has 0 aromatic carbocycles. The topological polar surface area (TPSA) is 24.9 Å². The van der Waals surface area contributed by atoms with Crippen molar-refractivity contribution in [2.75, 3.05) is 13.2 Å². The van der Waals surface area contributed by atoms with Crippen molar-refractivity contribution in [3.05, 3.63) is 0 Å². The van der Waals surface area contributed by atoms with E-state index in [0.29, 0.717) is 12.5 Å². The van der Waals surface area contributed by atoms with Crippen LogP contribution in [0, 0.1) is 35.5 Å². The molecule has 10 unspecified atom stereocenters. The van der Waals surface area contributed by atoms with Gasteiger partial charge in [0.15, 0.2) is 0 Å². The first-order valence-electron chi connectivity index (χ1n) is 18.6. The summed E-state index contributed by atoms with van der Waals surface area (Å²) < 4.78 is 13.1. The lowest BCUT2D eigenvalue weighted by Gasteiger charge is -2.64. The quantitative estimate of drug-likeness (QED) is 0.332. The van der Waals surface area contributed by atoms with Gasteiger partial charge in [0.25, 0.3) is 0 Å². The minimum absolute atomic E-state index is 0.433. The molecule has 2 heterocycles. The molecule has 6 aliphatic carbocycles. The van der Waals surface area contributed by atoms with Gasteiger partial charge in [0.05, 0.1) is 0 Å². The average Bonchev–Trinajstić information content (AvgIpc) is 3.74. The third kappa shape index (κ3) is 4.95. The summed E-state index contributed by atoms with van der Waals surface area (Å²) in [7, 11) is 0. The van der Waals surface area contributed by atoms with Gasteiger partial charge in [0.1, 0.15) is 12.5 Å². The molecule has 6 saturated carbocycles. The molecule has 0 N–H and O–H groups in total. The van der Waals surface area contributed by atoms with Crippen molar-refractivity contribution in [3.63, 3.8) is 0 Å². The van der Waals surface area contributed by atoms with E-state index in [-0.39, 0.29) is 0 Å². The van der Waals surface area contributed by atoms with Crippen molar-refractivity contribution < 1.29 is 9.47 Å². The number of nitrogens with zero attached hydrogens (tertiary/aromatic N) is 2. The first kappa shape index (κ1) is 27.4. The summed E-state index contributed by atoms with van der Waals surface area (Å²) in [5.41, 5.74) is 0. The number of ether oxygens (including phenoxy) is 2. The average molecular weight is 553 g/mol. The number of hydrogen-bond acceptors (Lipinski definition) is 4. The Hall–Kier alpha value is -0.160. The molecule has 0 amide bonds. The largest absolute Gasteiger partial charge is 0.363 e. The summed E-state index contributed by atoms with van der Waals surface area (Å²) in [4.78, 5) is 6.16. The maximum absolute atomic E-state index is 6.55. The summed E-state index contributed by atoms with van der Waals surface area (Å²) in [5, 5.41) is 0. The molecule has 10 atom stereocenters. The van der Waals surface area contributed by atoms with E-state index < -0.39 is 0 Å². The van der Waals surface area contributed by atoms with Gasteiger partial charge in [-0.15, -0.1) is 0 Å². The SMILES string of the molecule is C1CCC(N(C2CCCO2)C2CCC3CCC4C5C(CCC2C35)CCC4N(C2CCCCC2)C2CCCO2)CC1. The molecule has 2 aliphatic heterocycles. The van der Waals surface area contributed by atoms with E-state index in [4.69, 9.17) is 9.47 Å². The third-order valence-electron chi connectivity index (χ3n) is 14.2. The monoisotopic (exact) mass is 552 g/mol. The van der Waals surface area contributed by atoms with Crippen LogP contribution in [0.4, 0.5) is 0 Å². The van der Waals surface area contributed by atoms with Gasteiger partial charge < -0.3 is 9.47 Å². The molecule has 0 spiro atoms. The lowest BCUT2D eigenvalue weighted by molar-refractivity contribution is -0.175. The fourth-order valence-electron chi connectivity index (χ4n) is 12.8. The van der Waals surface area contributed by atoms with Crippen LogP contribution >= 0.6 is 0 Å². The van der Waals surface area contributed by atoms with E-state index in [0.717, 1.165) is 72.9 Å². The minimum Gasteiger partial charge on any atom is -0.363 e. The summed E-state index contributed by atoms with van der Waals surface area (Å²) in [5.74, 6) is 5.94. The number of hydrogen-bond donors (Lipinski definition) is 0. The zero-order chi connectivity index (χ0) is 26.5. The Morgan fingerprint density at radius 2 is 0.800 bits per heavy atom. The second-order valence-corrected chi connectivity index (χ2v) is 15.9. The van der Waals surface area contributed by atoms with Crippen LogP contribution in [0.5, 0.6) is 0 Å². The fourth-order valence-corrected chi connectivity index (χ4v) is 12.8. The Kier molecular flexibility index (Phi) is 8.28. The summed E-state index contributed by atoms with van der Waals surface area (Å²) in [6.07, 6.45) is 32.6. The van der Waals surface area contributed by atoms with E-state index in [1.54, 1.807) is 0 Å². The van der Waals surface area contributed by atoms with Crippen LogP contribution in [0.1, 0.15) is 141 Å². The van der Waals surface area contributed by atoms with E-state index in [1.165, 1.54) is 141 Å². The lowest BCUT2D eigenvalue weighted by Crippen LogP contribution is -2.64. The molecule has 0 radical (unpaired) electrons. The van der Waals surface area contributed by atoms with Gasteiger partial charge in [0.2, 0.25) is 0 Å². The molecular weight excluding hydrogens is 492 g/mol. The van der Waals surface area contributed by atoms with Crippen molar-refractivity contribution in [2.45, 2.75) is 178 Å². The van der Waals surface area contributed by atoms with Crippen molar-refractivity contribution in [3.8, 4) is 0 Å². The molecule has 8 fully saturated rings. The molecule has 0 aromatic heterocycles. The van der Waals surface area contributed by atoms with Crippen LogP contribution < -0.4 is 0 Å². The Balaban J connectivity index is 1.08. The van der Waals surface area contributed by atoms with Crippen LogP contribution in [-0.4, -0.2) is 59.6 Å². The Morgan fingerprint density at radius 3 is 1.20 bits per heavy atom. The van der Waals surface area contributed by atoms with Crippen LogP contribution in [0.3, 0.4) is 0 Å². The summed E-state index contributed by atoms with van der Waals surface area (Å²) >= 11 is 0. The summed E-state index contributed by atoms with van der Waals surface area (Å²) in [6.45, 7) is 2.01. The molecule has 8 rings (SSSR count). The Morgan fingerprint density at radius 1 is 0.375 bits per heavy atom. The molecule has 4 heteroatoms. The van der Waals surface area contributed by atoms with Crippen molar-refractivity contribution in [1.29, 1.82) is 0 Å². The zero-order valence-electron chi connectivity index (χ0n) is 25.6. The van der Waals surface area contributed by atoms with Crippen molar-refractivity contribution >= 4 is 0 Å². The maximum Gasteiger partial charge on any atom is 0.111 e. The number of rotatable bonds is 6. The molecule has 8 aliphatic rings. The first-order chi connectivity index (χ1) is 19.9. The highest BCUT2D eigenvalue weighted by atomic mass is 16.5. The highest BCUT2D eigenvalue weighted by Crippen LogP contribution is 2.62. The second kappa shape index (κ2) is 12.1. The normalized spacial score (nSPS) is 46.6. The predicted molar refractivity (Wildman–Crippen MR) is 161 cm³/mol. The van der Waals surface area contributed by atoms with E-state index in [1.807, 2.05) is 0 Å². The van der Waals surface area contributed by atoms with Gasteiger partial charge in [-0.2, -0.15) is 0 Å². The van der Waals surface area contributed by atoms with E-state index in [2.05, 4.69) is 9.80 Å². The van der Waals surface area contributed by atoms with Crippen LogP contribution in [-0.2, 0) is 9.47 Å². The van der Waals surface area contributed by atoms with Gasteiger partial charge in [-0.1, -0.05) is 38.5 Å². The molecule has 0 aromatic rings. The van der Waals surface area contributed by atoms with Gasteiger partial charge >= 0.3 is 0 Å². The van der Waals surface area contributed by atoms with Crippen molar-refractivity contribution in [1.82, 2.24) is 9.80 Å². The molecule has 2 saturated heterocycles. The molecule has 40 heavy (non-hydrogen) atoms. The minimum atomic E-state index is 0.433. The van der Waals surface area contributed by atoms with Gasteiger partial charge in [-0.3, -0.25) is 9.80 Å². The molecular formula is C36H60N2O2. The maximum atomic E-state index is 6.55. The third-order valence-corrected chi connectivity index (χ3v) is 14.2. The van der Waals surface area contributed by atoms with Crippen LogP contribution in [0.25, 0.3) is 0 Å². The smallest absolute Gasteiger partial charge is 0.111 e. The molecule has 226 valence electrons. The van der Waals surface area contributed by atoms with E-state index in [9.17, 15) is 0 Å². The van der Waals surface area contributed by atoms with Gasteiger partial charge in [0, 0.05) is 37.4 Å². The first-order valence-corrected chi connectivity index (χ1v) is 18.6. The second-order valence-electron chi connectivity index (χ2n) is 15.9. The van der Waals surface area contributed by atoms with E-state index >= 15 is 0 Å². The van der Waals surface area contributed by atoms with Crippen LogP contribution in [0.2, 0.25) is 0 Å². The lowest BCUT2D eigenvalue weighted by atomic mass is 9.46. The Bertz CT molecular complexity index is 759. The highest BCUT2D eigenvalue weighted by Gasteiger charge is 2.58. The van der Waals surface area contributed by atoms with Gasteiger partial charge in [-0.25, -0.2) is 0 Å². The molecule has 0 bridgehead atoms. The fraction of sp³-hybridized carbons (Fsp3) is 1.00. The zero-order valence-corrected chi connectivity index (χ0v) is 25.6. The van der Waals surface area contributed by atoms with Crippen LogP contribution in [0.15, 0.2) is 0 Å².